The number of hydrogen-bond acceptors (Lipinski definition) is 8. The first kappa shape index (κ1) is 28.7. The van der Waals surface area contributed by atoms with Crippen LogP contribution in [0.25, 0.3) is 16.8 Å². The lowest BCUT2D eigenvalue weighted by Gasteiger charge is -2.39. The monoisotopic (exact) mass is 586 g/mol. The Bertz CT molecular complexity index is 1490. The van der Waals surface area contributed by atoms with Gasteiger partial charge in [0.1, 0.15) is 12.4 Å². The molecule has 0 spiro atoms. The Kier molecular flexibility index (Phi) is 6.76. The first-order chi connectivity index (χ1) is 19.1. The highest BCUT2D eigenvalue weighted by Gasteiger charge is 2.72. The van der Waals surface area contributed by atoms with Crippen molar-refractivity contribution in [3.05, 3.63) is 41.5 Å². The van der Waals surface area contributed by atoms with Gasteiger partial charge in [0.05, 0.1) is 23.1 Å². The van der Waals surface area contributed by atoms with Crippen LogP contribution >= 0.6 is 0 Å². The van der Waals surface area contributed by atoms with Crippen LogP contribution in [-0.4, -0.2) is 77.4 Å². The molecule has 2 atom stereocenters. The highest BCUT2D eigenvalue weighted by molar-refractivity contribution is 6.00. The van der Waals surface area contributed by atoms with Gasteiger partial charge in [-0.3, -0.25) is 14.6 Å². The van der Waals surface area contributed by atoms with Gasteiger partial charge in [-0.25, -0.2) is 4.98 Å². The highest BCUT2D eigenvalue weighted by Crippen LogP contribution is 2.50. The van der Waals surface area contributed by atoms with Crippen molar-refractivity contribution >= 4 is 23.2 Å². The van der Waals surface area contributed by atoms with Crippen molar-refractivity contribution in [3.63, 3.8) is 0 Å². The summed E-state index contributed by atoms with van der Waals surface area (Å²) in [5.74, 6) is -1.14. The van der Waals surface area contributed by atoms with Crippen LogP contribution in [0.1, 0.15) is 60.3 Å². The van der Waals surface area contributed by atoms with Crippen molar-refractivity contribution in [2.45, 2.75) is 68.6 Å². The molecule has 2 bridgehead atoms. The molecule has 3 aromatic heterocycles. The highest BCUT2D eigenvalue weighted by atomic mass is 19.4. The number of halogens is 6. The fourth-order valence-corrected chi connectivity index (χ4v) is 6.00. The number of rotatable bonds is 5. The molecule has 2 aliphatic rings. The van der Waals surface area contributed by atoms with Crippen LogP contribution in [0.3, 0.4) is 0 Å². The Labute approximate surface area is 227 Å². The van der Waals surface area contributed by atoms with Crippen LogP contribution in [0.4, 0.5) is 32.2 Å². The molecule has 5 heterocycles. The van der Waals surface area contributed by atoms with E-state index >= 15 is 0 Å². The molecule has 10 nitrogen and oxygen atoms in total. The molecule has 0 saturated carbocycles. The van der Waals surface area contributed by atoms with Gasteiger partial charge in [0, 0.05) is 35.3 Å². The zero-order valence-corrected chi connectivity index (χ0v) is 21.4. The van der Waals surface area contributed by atoms with E-state index in [1.807, 2.05) is 0 Å². The van der Waals surface area contributed by atoms with E-state index in [-0.39, 0.29) is 52.1 Å². The fourth-order valence-electron chi connectivity index (χ4n) is 6.00. The van der Waals surface area contributed by atoms with E-state index in [4.69, 9.17) is 5.73 Å². The van der Waals surface area contributed by atoms with Gasteiger partial charge in [-0.2, -0.15) is 36.0 Å². The van der Waals surface area contributed by atoms with Gasteiger partial charge < -0.3 is 20.8 Å². The average molecular weight is 586 g/mol. The van der Waals surface area contributed by atoms with Crippen molar-refractivity contribution in [2.24, 2.45) is 0 Å². The third kappa shape index (κ3) is 4.39. The number of pyridine rings is 1. The molecule has 0 aliphatic carbocycles. The molecule has 2 saturated heterocycles. The predicted molar refractivity (Wildman–Crippen MR) is 129 cm³/mol. The molecule has 2 unspecified atom stereocenters. The molecular formula is C25H24F6N6O4. The number of anilines is 1. The number of carbonyl (C=O) groups excluding carboxylic acids is 2. The zero-order valence-electron chi connectivity index (χ0n) is 21.4. The molecule has 5 rings (SSSR count). The number of hydrogen-bond donors (Lipinski definition) is 3. The maximum atomic E-state index is 13.3. The number of piperidine rings is 1. The summed E-state index contributed by atoms with van der Waals surface area (Å²) < 4.78 is 80.8. The lowest BCUT2D eigenvalue weighted by molar-refractivity contribution is -0.377. The molecule has 3 aromatic rings. The predicted octanol–water partition coefficient (Wildman–Crippen LogP) is 3.12. The summed E-state index contributed by atoms with van der Waals surface area (Å²) in [6.07, 6.45) is -7.92. The summed E-state index contributed by atoms with van der Waals surface area (Å²) in [6, 6.07) is 0.969. The summed E-state index contributed by atoms with van der Waals surface area (Å²) >= 11 is 0. The van der Waals surface area contributed by atoms with Crippen LogP contribution in [0, 0.1) is 0 Å². The van der Waals surface area contributed by atoms with E-state index in [1.165, 1.54) is 13.1 Å². The van der Waals surface area contributed by atoms with E-state index < -0.39 is 36.0 Å². The molecule has 0 aromatic carbocycles. The topological polar surface area (TPSA) is 147 Å². The quantitative estimate of drug-likeness (QED) is 0.305. The fraction of sp³-hybridized carbons (Fsp3) is 0.480. The molecule has 0 radical (unpaired) electrons. The number of amides is 1. The molecule has 2 fully saturated rings. The number of aromatic nitrogens is 4. The summed E-state index contributed by atoms with van der Waals surface area (Å²) in [7, 11) is 0. The molecule has 220 valence electrons. The summed E-state index contributed by atoms with van der Waals surface area (Å²) in [4.78, 5) is 34.5. The molecular weight excluding hydrogens is 562 g/mol. The van der Waals surface area contributed by atoms with Gasteiger partial charge in [-0.15, -0.1) is 0 Å². The SMILES string of the molecule is CC(=O)c1c(C2CC3CCC(C2)N3C(=O)CO)nc2c(-c3ccc(C(O)(C(F)(F)F)C(F)(F)F)nc3)cnn2c1N. The van der Waals surface area contributed by atoms with Gasteiger partial charge in [-0.05, 0) is 38.7 Å². The third-order valence-electron chi connectivity index (χ3n) is 7.87. The Morgan fingerprint density at radius 2 is 1.66 bits per heavy atom. The van der Waals surface area contributed by atoms with Crippen molar-refractivity contribution in [1.29, 1.82) is 0 Å². The average Bonchev–Trinajstić information content (AvgIpc) is 3.44. The number of ketones is 1. The minimum atomic E-state index is -6.09. The van der Waals surface area contributed by atoms with Crippen LogP contribution in [0.2, 0.25) is 0 Å². The van der Waals surface area contributed by atoms with E-state index in [2.05, 4.69) is 15.1 Å². The number of alkyl halides is 6. The van der Waals surface area contributed by atoms with Crippen LogP contribution in [-0.2, 0) is 10.4 Å². The Hall–Kier alpha value is -3.79. The number of carbonyl (C=O) groups is 2. The van der Waals surface area contributed by atoms with Crippen molar-refractivity contribution in [2.75, 3.05) is 12.3 Å². The number of nitrogens with zero attached hydrogens (tertiary/aromatic N) is 5. The molecule has 1 amide bonds. The van der Waals surface area contributed by atoms with Crippen molar-refractivity contribution < 1.29 is 46.1 Å². The molecule has 4 N–H and O–H groups in total. The van der Waals surface area contributed by atoms with Gasteiger partial charge in [0.25, 0.3) is 5.60 Å². The van der Waals surface area contributed by atoms with Gasteiger partial charge in [-0.1, -0.05) is 6.07 Å². The second kappa shape index (κ2) is 9.65. The lowest BCUT2D eigenvalue weighted by Crippen LogP contribution is -2.54. The maximum absolute atomic E-state index is 13.3. The van der Waals surface area contributed by atoms with Crippen LogP contribution in [0.15, 0.2) is 24.5 Å². The van der Waals surface area contributed by atoms with Crippen LogP contribution < -0.4 is 5.73 Å². The van der Waals surface area contributed by atoms with Gasteiger partial charge in [0.2, 0.25) is 5.91 Å². The van der Waals surface area contributed by atoms with Crippen LogP contribution in [0.5, 0.6) is 0 Å². The first-order valence-corrected chi connectivity index (χ1v) is 12.5. The van der Waals surface area contributed by atoms with Crippen molar-refractivity contribution in [3.8, 4) is 11.1 Å². The molecule has 41 heavy (non-hydrogen) atoms. The number of aliphatic hydroxyl groups excluding tert-OH is 1. The summed E-state index contributed by atoms with van der Waals surface area (Å²) in [6.45, 7) is 0.681. The standard InChI is InChI=1S/C25H24F6N6O4/c1-11(39)19-20(13-6-14-3-4-15(7-13)36(14)18(40)10-38)35-22-16(9-34-37(22)21(19)32)12-2-5-17(33-8-12)23(41,24(26,27)28)25(29,30)31/h2,5,8-9,13-15,38,41H,3-4,6-7,10,32H2,1H3. The van der Waals surface area contributed by atoms with E-state index in [0.717, 1.165) is 16.8 Å². The summed E-state index contributed by atoms with van der Waals surface area (Å²) in [5.41, 5.74) is 0.208. The number of nitrogens with two attached hydrogens (primary N) is 1. The third-order valence-corrected chi connectivity index (χ3v) is 7.87. The largest absolute Gasteiger partial charge is 0.432 e. The lowest BCUT2D eigenvalue weighted by atomic mass is 9.85. The summed E-state index contributed by atoms with van der Waals surface area (Å²) in [5, 5.41) is 23.1. The Balaban J connectivity index is 1.58. The second-order valence-corrected chi connectivity index (χ2v) is 10.3. The first-order valence-electron chi connectivity index (χ1n) is 12.5. The maximum Gasteiger partial charge on any atom is 0.432 e. The minimum Gasteiger partial charge on any atom is -0.387 e. The van der Waals surface area contributed by atoms with E-state index in [0.29, 0.717) is 37.4 Å². The van der Waals surface area contributed by atoms with Crippen molar-refractivity contribution in [1.82, 2.24) is 24.5 Å². The number of fused-ring (bicyclic) bond motifs is 3. The normalized spacial score (nSPS) is 21.5. The molecule has 2 aliphatic heterocycles. The van der Waals surface area contributed by atoms with Gasteiger partial charge in [0.15, 0.2) is 11.4 Å². The Morgan fingerprint density at radius 1 is 1.05 bits per heavy atom. The number of aliphatic hydroxyl groups is 2. The molecule has 16 heteroatoms. The van der Waals surface area contributed by atoms with Gasteiger partial charge >= 0.3 is 12.4 Å². The second-order valence-electron chi connectivity index (χ2n) is 10.3. The van der Waals surface area contributed by atoms with E-state index in [9.17, 15) is 46.1 Å². The minimum absolute atomic E-state index is 0.0345. The zero-order chi connectivity index (χ0) is 30.1. The smallest absolute Gasteiger partial charge is 0.387 e. The van der Waals surface area contributed by atoms with E-state index in [1.54, 1.807) is 4.90 Å². The Morgan fingerprint density at radius 3 is 2.15 bits per heavy atom. The number of nitrogen functional groups attached to an aromatic ring is 1. The number of Topliss-reactive ketones (excluding diaryl/α,β-unsaturated/α-hetero) is 1.